The van der Waals surface area contributed by atoms with Crippen molar-refractivity contribution in [1.29, 1.82) is 0 Å². The van der Waals surface area contributed by atoms with Crippen LogP contribution in [0.1, 0.15) is 27.7 Å². The third kappa shape index (κ3) is 1.89. The summed E-state index contributed by atoms with van der Waals surface area (Å²) in [5.41, 5.74) is 2.57. The zero-order valence-electron chi connectivity index (χ0n) is 13.8. The number of anilines is 2. The molecule has 1 aromatic carbocycles. The van der Waals surface area contributed by atoms with Crippen molar-refractivity contribution in [2.24, 2.45) is 21.8 Å². The molecule has 0 saturated heterocycles. The van der Waals surface area contributed by atoms with Gasteiger partial charge >= 0.3 is 0 Å². The number of rotatable bonds is 2. The average molecular weight is 296 g/mol. The summed E-state index contributed by atoms with van der Waals surface area (Å²) in [6.07, 6.45) is 0. The van der Waals surface area contributed by atoms with Gasteiger partial charge in [0.05, 0.1) is 23.5 Å². The van der Waals surface area contributed by atoms with E-state index in [1.54, 1.807) is 0 Å². The van der Waals surface area contributed by atoms with E-state index < -0.39 is 0 Å². The maximum atomic E-state index is 5.02. The number of hydrogen-bond acceptors (Lipinski definition) is 4. The molecule has 0 fully saturated rings. The third-order valence-electron chi connectivity index (χ3n) is 5.03. The number of benzene rings is 1. The molecular formula is C18H24N4. The lowest BCUT2D eigenvalue weighted by atomic mass is 10.0. The number of aliphatic imine (C=N–C) groups is 2. The van der Waals surface area contributed by atoms with Crippen LogP contribution >= 0.6 is 0 Å². The summed E-state index contributed by atoms with van der Waals surface area (Å²) in [6.45, 7) is 11.0. The van der Waals surface area contributed by atoms with Gasteiger partial charge < -0.3 is 9.80 Å². The van der Waals surface area contributed by atoms with Gasteiger partial charge in [0.2, 0.25) is 0 Å². The molecule has 22 heavy (non-hydrogen) atoms. The molecule has 0 aliphatic carbocycles. The maximum absolute atomic E-state index is 5.02. The van der Waals surface area contributed by atoms with Crippen LogP contribution in [0.4, 0.5) is 11.4 Å². The van der Waals surface area contributed by atoms with E-state index in [2.05, 4.69) is 61.8 Å². The number of amidine groups is 2. The molecule has 0 radical (unpaired) electrons. The second-order valence-electron chi connectivity index (χ2n) is 7.24. The second-order valence-corrected chi connectivity index (χ2v) is 7.24. The highest BCUT2D eigenvalue weighted by atomic mass is 15.4. The molecule has 3 aliphatic rings. The topological polar surface area (TPSA) is 31.2 Å². The van der Waals surface area contributed by atoms with Crippen molar-refractivity contribution in [2.45, 2.75) is 39.8 Å². The highest BCUT2D eigenvalue weighted by molar-refractivity contribution is 6.53. The molecule has 0 aromatic heterocycles. The maximum Gasteiger partial charge on any atom is 0.172 e. The Kier molecular flexibility index (Phi) is 3.03. The Balaban J connectivity index is 1.84. The first-order chi connectivity index (χ1) is 10.6. The Morgan fingerprint density at radius 2 is 1.23 bits per heavy atom. The predicted molar refractivity (Wildman–Crippen MR) is 93.3 cm³/mol. The predicted octanol–water partition coefficient (Wildman–Crippen LogP) is 3.19. The van der Waals surface area contributed by atoms with Crippen molar-refractivity contribution in [3.8, 4) is 0 Å². The highest BCUT2D eigenvalue weighted by Crippen LogP contribution is 2.40. The first-order valence-electron chi connectivity index (χ1n) is 8.36. The van der Waals surface area contributed by atoms with Crippen LogP contribution in [-0.4, -0.2) is 36.8 Å². The van der Waals surface area contributed by atoms with Crippen molar-refractivity contribution in [3.05, 3.63) is 24.3 Å². The van der Waals surface area contributed by atoms with Gasteiger partial charge in [-0.1, -0.05) is 39.8 Å². The quantitative estimate of drug-likeness (QED) is 0.839. The molecule has 3 aliphatic heterocycles. The summed E-state index contributed by atoms with van der Waals surface area (Å²) in [5.74, 6) is 3.28. The molecule has 0 unspecified atom stereocenters. The summed E-state index contributed by atoms with van der Waals surface area (Å²) in [7, 11) is 0. The molecule has 4 nitrogen and oxygen atoms in total. The average Bonchev–Trinajstić information content (AvgIpc) is 3.12. The SMILES string of the molecule is CC(C)[C@H]1CN2C(=N1)C1=N[C@@H](C(C)C)CN1c1ccccc12. The molecule has 0 saturated carbocycles. The third-order valence-corrected chi connectivity index (χ3v) is 5.03. The fraction of sp³-hybridized carbons (Fsp3) is 0.556. The summed E-state index contributed by atoms with van der Waals surface area (Å²) in [4.78, 5) is 14.8. The van der Waals surface area contributed by atoms with E-state index in [0.29, 0.717) is 23.9 Å². The van der Waals surface area contributed by atoms with E-state index >= 15 is 0 Å². The Morgan fingerprint density at radius 3 is 1.59 bits per heavy atom. The Labute approximate surface area is 132 Å². The van der Waals surface area contributed by atoms with E-state index in [9.17, 15) is 0 Å². The first kappa shape index (κ1) is 13.8. The number of para-hydroxylation sites is 2. The van der Waals surface area contributed by atoms with Crippen LogP contribution < -0.4 is 9.80 Å². The molecular weight excluding hydrogens is 272 g/mol. The molecule has 1 aromatic rings. The number of nitrogens with zero attached hydrogens (tertiary/aromatic N) is 4. The molecule has 0 N–H and O–H groups in total. The first-order valence-corrected chi connectivity index (χ1v) is 8.36. The lowest BCUT2D eigenvalue weighted by Crippen LogP contribution is -2.47. The number of hydrogen-bond donors (Lipinski definition) is 0. The van der Waals surface area contributed by atoms with E-state index in [1.165, 1.54) is 11.4 Å². The van der Waals surface area contributed by atoms with Crippen LogP contribution in [0.2, 0.25) is 0 Å². The van der Waals surface area contributed by atoms with Gasteiger partial charge in [0, 0.05) is 13.1 Å². The van der Waals surface area contributed by atoms with E-state index in [4.69, 9.17) is 9.98 Å². The van der Waals surface area contributed by atoms with Crippen molar-refractivity contribution in [1.82, 2.24) is 0 Å². The Bertz CT molecular complexity index is 602. The molecule has 4 rings (SSSR count). The lowest BCUT2D eigenvalue weighted by molar-refractivity contribution is 0.519. The van der Waals surface area contributed by atoms with Crippen molar-refractivity contribution < 1.29 is 0 Å². The molecule has 4 heteroatoms. The smallest absolute Gasteiger partial charge is 0.172 e. The molecule has 0 amide bonds. The lowest BCUT2D eigenvalue weighted by Gasteiger charge is -2.35. The largest absolute Gasteiger partial charge is 0.320 e. The van der Waals surface area contributed by atoms with Gasteiger partial charge in [-0.25, -0.2) is 0 Å². The summed E-state index contributed by atoms with van der Waals surface area (Å²) >= 11 is 0. The van der Waals surface area contributed by atoms with Gasteiger partial charge in [-0.2, -0.15) is 0 Å². The Morgan fingerprint density at radius 1 is 0.818 bits per heavy atom. The summed E-state index contributed by atoms with van der Waals surface area (Å²) in [6, 6.07) is 9.40. The van der Waals surface area contributed by atoms with Crippen LogP contribution in [0.25, 0.3) is 0 Å². The zero-order valence-corrected chi connectivity index (χ0v) is 13.8. The van der Waals surface area contributed by atoms with E-state index in [-0.39, 0.29) is 0 Å². The van der Waals surface area contributed by atoms with Crippen LogP contribution in [-0.2, 0) is 0 Å². The normalized spacial score (nSPS) is 26.1. The second kappa shape index (κ2) is 4.83. The molecule has 0 bridgehead atoms. The van der Waals surface area contributed by atoms with Crippen molar-refractivity contribution in [3.63, 3.8) is 0 Å². The standard InChI is InChI=1S/C18H24N4/c1-11(2)13-9-21-15-7-5-6-8-16(15)22-10-14(12(3)4)20-18(22)17(21)19-13/h5-8,11-14H,9-10H2,1-4H3/t13-,14-/m1/s1. The molecule has 116 valence electrons. The fourth-order valence-corrected chi connectivity index (χ4v) is 3.50. The molecule has 3 heterocycles. The fourth-order valence-electron chi connectivity index (χ4n) is 3.50. The van der Waals surface area contributed by atoms with Crippen LogP contribution in [0, 0.1) is 11.8 Å². The molecule has 0 spiro atoms. The minimum atomic E-state index is 0.365. The van der Waals surface area contributed by atoms with Gasteiger partial charge in [-0.05, 0) is 24.0 Å². The van der Waals surface area contributed by atoms with Crippen LogP contribution in [0.15, 0.2) is 34.3 Å². The van der Waals surface area contributed by atoms with Gasteiger partial charge in [-0.3, -0.25) is 9.98 Å². The monoisotopic (exact) mass is 296 g/mol. The van der Waals surface area contributed by atoms with Gasteiger partial charge in [0.1, 0.15) is 0 Å². The minimum absolute atomic E-state index is 0.365. The van der Waals surface area contributed by atoms with Gasteiger partial charge in [-0.15, -0.1) is 0 Å². The van der Waals surface area contributed by atoms with E-state index in [0.717, 1.165) is 24.8 Å². The van der Waals surface area contributed by atoms with Gasteiger partial charge in [0.15, 0.2) is 11.7 Å². The number of fused-ring (bicyclic) bond motifs is 6. The van der Waals surface area contributed by atoms with Crippen LogP contribution in [0.5, 0.6) is 0 Å². The van der Waals surface area contributed by atoms with Crippen molar-refractivity contribution >= 4 is 23.0 Å². The van der Waals surface area contributed by atoms with Gasteiger partial charge in [0.25, 0.3) is 0 Å². The minimum Gasteiger partial charge on any atom is -0.320 e. The Hall–Kier alpha value is -1.84. The molecule has 2 atom stereocenters. The van der Waals surface area contributed by atoms with Crippen LogP contribution in [0.3, 0.4) is 0 Å². The van der Waals surface area contributed by atoms with E-state index in [1.807, 2.05) is 0 Å². The van der Waals surface area contributed by atoms with Crippen molar-refractivity contribution in [2.75, 3.05) is 22.9 Å². The highest BCUT2D eigenvalue weighted by Gasteiger charge is 2.43. The zero-order chi connectivity index (χ0) is 15.4. The summed E-state index contributed by atoms with van der Waals surface area (Å²) in [5, 5.41) is 0. The summed E-state index contributed by atoms with van der Waals surface area (Å²) < 4.78 is 0.